The highest BCUT2D eigenvalue weighted by molar-refractivity contribution is 5.74. The maximum atomic E-state index is 12.6. The third-order valence-electron chi connectivity index (χ3n) is 4.48. The second-order valence-electron chi connectivity index (χ2n) is 7.00. The van der Waals surface area contributed by atoms with Crippen LogP contribution in [0.4, 0.5) is 4.79 Å². The molecule has 0 bridgehead atoms. The lowest BCUT2D eigenvalue weighted by atomic mass is 10.0. The van der Waals surface area contributed by atoms with E-state index in [1.54, 1.807) is 7.11 Å². The van der Waals surface area contributed by atoms with Crippen LogP contribution in [0.25, 0.3) is 0 Å². The van der Waals surface area contributed by atoms with Gasteiger partial charge in [0.2, 0.25) is 0 Å². The lowest BCUT2D eigenvalue weighted by molar-refractivity contribution is 0.228. The number of nitrogens with zero attached hydrogens (tertiary/aromatic N) is 1. The number of carbonyl (C=O) groups excluding carboxylic acids is 1. The van der Waals surface area contributed by atoms with Crippen LogP contribution in [0.15, 0.2) is 54.6 Å². The van der Waals surface area contributed by atoms with Crippen molar-refractivity contribution < 1.29 is 9.53 Å². The van der Waals surface area contributed by atoms with Gasteiger partial charge < -0.3 is 20.3 Å². The van der Waals surface area contributed by atoms with Crippen LogP contribution in [0.5, 0.6) is 5.75 Å². The van der Waals surface area contributed by atoms with Gasteiger partial charge in [-0.1, -0.05) is 49.4 Å². The second kappa shape index (κ2) is 10.6. The van der Waals surface area contributed by atoms with Gasteiger partial charge in [-0.15, -0.1) is 0 Å². The molecule has 0 saturated heterocycles. The summed E-state index contributed by atoms with van der Waals surface area (Å²) in [5.74, 6) is 0.812. The summed E-state index contributed by atoms with van der Waals surface area (Å²) in [5.41, 5.74) is 2.28. The molecule has 2 aromatic carbocycles. The predicted octanol–water partition coefficient (Wildman–Crippen LogP) is 3.62. The Morgan fingerprint density at radius 2 is 1.70 bits per heavy atom. The number of nitrogens with one attached hydrogen (secondary N) is 2. The van der Waals surface area contributed by atoms with Crippen molar-refractivity contribution >= 4 is 6.03 Å². The highest BCUT2D eigenvalue weighted by Crippen LogP contribution is 2.20. The van der Waals surface area contributed by atoms with E-state index in [9.17, 15) is 4.79 Å². The number of urea groups is 1. The average molecular weight is 370 g/mol. The number of hydrogen-bond acceptors (Lipinski definition) is 3. The number of benzene rings is 2. The zero-order chi connectivity index (χ0) is 19.6. The molecule has 0 spiro atoms. The molecule has 2 atom stereocenters. The van der Waals surface area contributed by atoms with Crippen molar-refractivity contribution in [3.63, 3.8) is 0 Å². The Morgan fingerprint density at radius 1 is 1.04 bits per heavy atom. The van der Waals surface area contributed by atoms with Crippen LogP contribution in [-0.4, -0.2) is 44.7 Å². The normalized spacial score (nSPS) is 13.1. The molecule has 146 valence electrons. The monoisotopic (exact) mass is 369 g/mol. The lowest BCUT2D eigenvalue weighted by Crippen LogP contribution is -2.48. The van der Waals surface area contributed by atoms with E-state index < -0.39 is 0 Å². The Balaban J connectivity index is 1.99. The predicted molar refractivity (Wildman–Crippen MR) is 110 cm³/mol. The van der Waals surface area contributed by atoms with Gasteiger partial charge in [-0.2, -0.15) is 0 Å². The van der Waals surface area contributed by atoms with Gasteiger partial charge in [-0.25, -0.2) is 4.79 Å². The smallest absolute Gasteiger partial charge is 0.315 e. The van der Waals surface area contributed by atoms with Gasteiger partial charge in [0.15, 0.2) is 0 Å². The third kappa shape index (κ3) is 6.94. The molecule has 2 aromatic rings. The molecule has 0 heterocycles. The Kier molecular flexibility index (Phi) is 8.14. The summed E-state index contributed by atoms with van der Waals surface area (Å²) in [6.45, 7) is 2.85. The summed E-state index contributed by atoms with van der Waals surface area (Å²) in [4.78, 5) is 14.7. The number of ether oxygens (including phenoxy) is 1. The molecule has 0 aliphatic carbocycles. The minimum atomic E-state index is -0.138. The Morgan fingerprint density at radius 3 is 2.26 bits per heavy atom. The quantitative estimate of drug-likeness (QED) is 0.710. The number of hydrogen-bond donors (Lipinski definition) is 2. The van der Waals surface area contributed by atoms with Gasteiger partial charge in [0, 0.05) is 12.6 Å². The van der Waals surface area contributed by atoms with Gasteiger partial charge in [0.1, 0.15) is 5.75 Å². The SMILES string of the molecule is CC[C@@H](NC(=O)N[C@H](Cc1ccccc1)CN(C)C)c1ccc(OC)cc1. The fraction of sp³-hybridized carbons (Fsp3) is 0.409. The fourth-order valence-electron chi connectivity index (χ4n) is 3.14. The molecule has 0 unspecified atom stereocenters. The third-order valence-corrected chi connectivity index (χ3v) is 4.48. The molecule has 0 saturated carbocycles. The van der Waals surface area contributed by atoms with Crippen LogP contribution >= 0.6 is 0 Å². The Labute approximate surface area is 162 Å². The maximum Gasteiger partial charge on any atom is 0.315 e. The van der Waals surface area contributed by atoms with E-state index in [4.69, 9.17) is 4.74 Å². The first-order valence-electron chi connectivity index (χ1n) is 9.41. The fourth-order valence-corrected chi connectivity index (χ4v) is 3.14. The molecule has 5 nitrogen and oxygen atoms in total. The topological polar surface area (TPSA) is 53.6 Å². The van der Waals surface area contributed by atoms with E-state index in [0.717, 1.165) is 30.7 Å². The van der Waals surface area contributed by atoms with Crippen molar-refractivity contribution in [1.29, 1.82) is 0 Å². The summed E-state index contributed by atoms with van der Waals surface area (Å²) in [6, 6.07) is 17.9. The highest BCUT2D eigenvalue weighted by atomic mass is 16.5. The molecule has 27 heavy (non-hydrogen) atoms. The Bertz CT molecular complexity index is 686. The van der Waals surface area contributed by atoms with Gasteiger partial charge >= 0.3 is 6.03 Å². The molecule has 2 N–H and O–H groups in total. The highest BCUT2D eigenvalue weighted by Gasteiger charge is 2.17. The van der Waals surface area contributed by atoms with Crippen molar-refractivity contribution in [2.24, 2.45) is 0 Å². The molecule has 0 aliphatic rings. The number of carbonyl (C=O) groups is 1. The molecular weight excluding hydrogens is 338 g/mol. The number of likely N-dealkylation sites (N-methyl/N-ethyl adjacent to an activating group) is 1. The van der Waals surface area contributed by atoms with E-state index >= 15 is 0 Å². The number of methoxy groups -OCH3 is 1. The summed E-state index contributed by atoms with van der Waals surface area (Å²) in [6.07, 6.45) is 1.61. The summed E-state index contributed by atoms with van der Waals surface area (Å²) >= 11 is 0. The first kappa shape index (κ1) is 20.8. The molecule has 2 amide bonds. The van der Waals surface area contributed by atoms with Gasteiger partial charge in [0.05, 0.1) is 13.2 Å². The lowest BCUT2D eigenvalue weighted by Gasteiger charge is -2.25. The molecular formula is C22H31N3O2. The molecule has 0 radical (unpaired) electrons. The molecule has 2 rings (SSSR count). The molecule has 0 aromatic heterocycles. The van der Waals surface area contributed by atoms with Crippen molar-refractivity contribution in [3.8, 4) is 5.75 Å². The molecule has 0 fully saturated rings. The van der Waals surface area contributed by atoms with Crippen molar-refractivity contribution in [2.45, 2.75) is 31.8 Å². The largest absolute Gasteiger partial charge is 0.497 e. The minimum absolute atomic E-state index is 0.0346. The van der Waals surface area contributed by atoms with E-state index in [1.807, 2.05) is 56.6 Å². The van der Waals surface area contributed by atoms with E-state index in [0.29, 0.717) is 0 Å². The van der Waals surface area contributed by atoms with Gasteiger partial charge in [-0.3, -0.25) is 0 Å². The number of amides is 2. The zero-order valence-electron chi connectivity index (χ0n) is 16.7. The van der Waals surface area contributed by atoms with E-state index in [1.165, 1.54) is 5.56 Å². The van der Waals surface area contributed by atoms with Crippen molar-refractivity contribution in [3.05, 3.63) is 65.7 Å². The first-order chi connectivity index (χ1) is 13.0. The zero-order valence-corrected chi connectivity index (χ0v) is 16.7. The summed E-state index contributed by atoms with van der Waals surface area (Å²) in [5, 5.41) is 6.24. The second-order valence-corrected chi connectivity index (χ2v) is 7.00. The van der Waals surface area contributed by atoms with Crippen LogP contribution < -0.4 is 15.4 Å². The summed E-state index contributed by atoms with van der Waals surface area (Å²) < 4.78 is 5.21. The number of rotatable bonds is 9. The first-order valence-corrected chi connectivity index (χ1v) is 9.41. The molecule has 5 heteroatoms. The van der Waals surface area contributed by atoms with Crippen LogP contribution in [0.3, 0.4) is 0 Å². The van der Waals surface area contributed by atoms with Crippen LogP contribution in [-0.2, 0) is 6.42 Å². The average Bonchev–Trinajstić information content (AvgIpc) is 2.66. The summed E-state index contributed by atoms with van der Waals surface area (Å²) in [7, 11) is 5.68. The van der Waals surface area contributed by atoms with Crippen LogP contribution in [0.1, 0.15) is 30.5 Å². The van der Waals surface area contributed by atoms with E-state index in [2.05, 4.69) is 34.6 Å². The van der Waals surface area contributed by atoms with Crippen LogP contribution in [0, 0.1) is 0 Å². The van der Waals surface area contributed by atoms with Crippen LogP contribution in [0.2, 0.25) is 0 Å². The van der Waals surface area contributed by atoms with E-state index in [-0.39, 0.29) is 18.1 Å². The van der Waals surface area contributed by atoms with Crippen molar-refractivity contribution in [1.82, 2.24) is 15.5 Å². The molecule has 0 aliphatic heterocycles. The van der Waals surface area contributed by atoms with Crippen molar-refractivity contribution in [2.75, 3.05) is 27.7 Å². The maximum absolute atomic E-state index is 12.6. The standard InChI is InChI=1S/C22H31N3O2/c1-5-21(18-11-13-20(27-4)14-12-18)24-22(26)23-19(16-25(2)3)15-17-9-7-6-8-10-17/h6-14,19,21H,5,15-16H2,1-4H3,(H2,23,24,26)/t19-,21-/m1/s1. The van der Waals surface area contributed by atoms with Gasteiger partial charge in [0.25, 0.3) is 0 Å². The minimum Gasteiger partial charge on any atom is -0.497 e. The Hall–Kier alpha value is -2.53. The van der Waals surface area contributed by atoms with Gasteiger partial charge in [-0.05, 0) is 50.2 Å².